The number of hydrogen-bond donors (Lipinski definition) is 2. The van der Waals surface area contributed by atoms with Crippen LogP contribution in [0.2, 0.25) is 0 Å². The smallest absolute Gasteiger partial charge is 0.315 e. The molecule has 1 aromatic carbocycles. The van der Waals surface area contributed by atoms with Crippen LogP contribution in [0.5, 0.6) is 0 Å². The van der Waals surface area contributed by atoms with Crippen LogP contribution in [0, 0.1) is 5.82 Å². The van der Waals surface area contributed by atoms with Crippen LogP contribution >= 0.6 is 0 Å². The molecule has 7 heteroatoms. The highest BCUT2D eigenvalue weighted by atomic mass is 19.1. The van der Waals surface area contributed by atoms with E-state index in [1.165, 1.54) is 6.07 Å². The summed E-state index contributed by atoms with van der Waals surface area (Å²) in [6.45, 7) is 0.729. The Morgan fingerprint density at radius 2 is 2.04 bits per heavy atom. The van der Waals surface area contributed by atoms with Crippen LogP contribution in [0.25, 0.3) is 5.82 Å². The van der Waals surface area contributed by atoms with Crippen LogP contribution < -0.4 is 10.6 Å². The van der Waals surface area contributed by atoms with E-state index in [9.17, 15) is 9.18 Å². The minimum atomic E-state index is -0.296. The second kappa shape index (κ2) is 8.05. The largest absolute Gasteiger partial charge is 0.338 e. The third-order valence-corrected chi connectivity index (χ3v) is 3.67. The summed E-state index contributed by atoms with van der Waals surface area (Å²) in [5.41, 5.74) is 1.47. The lowest BCUT2D eigenvalue weighted by molar-refractivity contribution is 0.240. The molecule has 0 spiro atoms. The molecule has 2 aromatic heterocycles. The Morgan fingerprint density at radius 3 is 2.76 bits per heavy atom. The van der Waals surface area contributed by atoms with E-state index in [2.05, 4.69) is 20.6 Å². The van der Waals surface area contributed by atoms with Gasteiger partial charge in [0.2, 0.25) is 0 Å². The fraction of sp³-hybridized carbons (Fsp3) is 0.167. The van der Waals surface area contributed by atoms with Crippen molar-refractivity contribution in [3.63, 3.8) is 0 Å². The zero-order valence-electron chi connectivity index (χ0n) is 13.5. The number of amides is 2. The number of nitrogens with zero attached hydrogens (tertiary/aromatic N) is 3. The van der Waals surface area contributed by atoms with Gasteiger partial charge in [0, 0.05) is 31.7 Å². The lowest BCUT2D eigenvalue weighted by Crippen LogP contribution is -2.36. The number of aromatic nitrogens is 3. The predicted octanol–water partition coefficient (Wildman–Crippen LogP) is 2.45. The fourth-order valence-electron chi connectivity index (χ4n) is 2.33. The molecule has 0 saturated heterocycles. The molecule has 25 heavy (non-hydrogen) atoms. The molecule has 0 saturated carbocycles. The number of halogens is 1. The summed E-state index contributed by atoms with van der Waals surface area (Å²) in [5, 5.41) is 5.46. The molecule has 6 nitrogen and oxygen atoms in total. The Kier molecular flexibility index (Phi) is 5.36. The first-order valence-corrected chi connectivity index (χ1v) is 7.91. The number of imidazole rings is 1. The van der Waals surface area contributed by atoms with E-state index in [0.717, 1.165) is 11.4 Å². The first kappa shape index (κ1) is 16.6. The summed E-state index contributed by atoms with van der Waals surface area (Å²) in [6.07, 6.45) is 7.31. The van der Waals surface area contributed by atoms with E-state index >= 15 is 0 Å². The molecule has 0 aliphatic rings. The van der Waals surface area contributed by atoms with E-state index in [1.54, 1.807) is 41.5 Å². The fourth-order valence-corrected chi connectivity index (χ4v) is 2.33. The molecule has 0 aliphatic carbocycles. The predicted molar refractivity (Wildman–Crippen MR) is 91.7 cm³/mol. The molecule has 128 valence electrons. The van der Waals surface area contributed by atoms with Crippen LogP contribution in [-0.2, 0) is 13.0 Å². The normalized spacial score (nSPS) is 10.4. The Morgan fingerprint density at radius 1 is 1.16 bits per heavy atom. The number of carbonyl (C=O) groups is 1. The van der Waals surface area contributed by atoms with Crippen molar-refractivity contribution in [2.24, 2.45) is 0 Å². The molecule has 2 amide bonds. The van der Waals surface area contributed by atoms with Gasteiger partial charge in [0.25, 0.3) is 0 Å². The average molecular weight is 339 g/mol. The van der Waals surface area contributed by atoms with Gasteiger partial charge < -0.3 is 10.6 Å². The van der Waals surface area contributed by atoms with Crippen molar-refractivity contribution in [3.05, 3.63) is 78.3 Å². The molecule has 0 radical (unpaired) electrons. The molecular formula is C18H18FN5O. The van der Waals surface area contributed by atoms with Gasteiger partial charge in [-0.1, -0.05) is 24.3 Å². The Balaban J connectivity index is 1.42. The maximum atomic E-state index is 13.5. The Hall–Kier alpha value is -3.22. The highest BCUT2D eigenvalue weighted by molar-refractivity contribution is 5.73. The molecule has 0 unspecified atom stereocenters. The van der Waals surface area contributed by atoms with Gasteiger partial charge >= 0.3 is 6.03 Å². The molecule has 2 N–H and O–H groups in total. The van der Waals surface area contributed by atoms with Crippen molar-refractivity contribution in [2.45, 2.75) is 13.0 Å². The van der Waals surface area contributed by atoms with Gasteiger partial charge in [-0.25, -0.2) is 19.2 Å². The van der Waals surface area contributed by atoms with Crippen LogP contribution in [0.15, 0.2) is 61.3 Å². The lowest BCUT2D eigenvalue weighted by atomic mass is 10.1. The van der Waals surface area contributed by atoms with E-state index in [1.807, 2.05) is 18.3 Å². The highest BCUT2D eigenvalue weighted by Crippen LogP contribution is 2.06. The second-order valence-electron chi connectivity index (χ2n) is 5.45. The van der Waals surface area contributed by atoms with E-state index < -0.39 is 0 Å². The van der Waals surface area contributed by atoms with Crippen molar-refractivity contribution >= 4 is 6.03 Å². The topological polar surface area (TPSA) is 71.8 Å². The van der Waals surface area contributed by atoms with Gasteiger partial charge in [-0.05, 0) is 29.7 Å². The summed E-state index contributed by atoms with van der Waals surface area (Å²) in [6, 6.07) is 9.99. The first-order valence-electron chi connectivity index (χ1n) is 7.91. The lowest BCUT2D eigenvalue weighted by Gasteiger charge is -2.08. The molecule has 0 aliphatic heterocycles. The Labute approximate surface area is 144 Å². The molecule has 0 atom stereocenters. The van der Waals surface area contributed by atoms with Crippen molar-refractivity contribution in [2.75, 3.05) is 6.54 Å². The van der Waals surface area contributed by atoms with Crippen molar-refractivity contribution < 1.29 is 9.18 Å². The van der Waals surface area contributed by atoms with Crippen molar-refractivity contribution in [3.8, 4) is 5.82 Å². The van der Waals surface area contributed by atoms with Crippen LogP contribution in [0.3, 0.4) is 0 Å². The minimum absolute atomic E-state index is 0.256. The summed E-state index contributed by atoms with van der Waals surface area (Å²) >= 11 is 0. The summed E-state index contributed by atoms with van der Waals surface area (Å²) < 4.78 is 15.3. The van der Waals surface area contributed by atoms with Crippen LogP contribution in [0.4, 0.5) is 9.18 Å². The van der Waals surface area contributed by atoms with Gasteiger partial charge in [0.15, 0.2) is 0 Å². The zero-order valence-corrected chi connectivity index (χ0v) is 13.5. The first-order chi connectivity index (χ1) is 12.2. The Bertz CT molecular complexity index is 818. The second-order valence-corrected chi connectivity index (χ2v) is 5.45. The summed E-state index contributed by atoms with van der Waals surface area (Å²) in [4.78, 5) is 20.1. The van der Waals surface area contributed by atoms with E-state index in [0.29, 0.717) is 25.1 Å². The van der Waals surface area contributed by atoms with Crippen molar-refractivity contribution in [1.82, 2.24) is 25.2 Å². The van der Waals surface area contributed by atoms with Gasteiger partial charge in [-0.3, -0.25) is 4.57 Å². The number of nitrogens with one attached hydrogen (secondary N) is 2. The van der Waals surface area contributed by atoms with Crippen LogP contribution in [-0.4, -0.2) is 27.1 Å². The molecule has 0 fully saturated rings. The number of pyridine rings is 1. The number of carbonyl (C=O) groups excluding carboxylic acids is 1. The number of rotatable bonds is 6. The van der Waals surface area contributed by atoms with Gasteiger partial charge in [-0.2, -0.15) is 0 Å². The molecule has 0 bridgehead atoms. The number of hydrogen-bond acceptors (Lipinski definition) is 3. The minimum Gasteiger partial charge on any atom is -0.338 e. The zero-order chi connectivity index (χ0) is 17.5. The standard InChI is InChI=1S/C18H18FN5O/c19-16-4-2-1-3-15(16)7-8-21-18(25)23-12-14-5-6-17(22-11-14)24-10-9-20-13-24/h1-6,9-11,13H,7-8,12H2,(H2,21,23,25). The van der Waals surface area contributed by atoms with Gasteiger partial charge in [-0.15, -0.1) is 0 Å². The summed E-state index contributed by atoms with van der Waals surface area (Å²) in [5.74, 6) is 0.504. The molecule has 3 rings (SSSR count). The molecular weight excluding hydrogens is 321 g/mol. The quantitative estimate of drug-likeness (QED) is 0.725. The molecule has 2 heterocycles. The average Bonchev–Trinajstić information content (AvgIpc) is 3.17. The third-order valence-electron chi connectivity index (χ3n) is 3.67. The van der Waals surface area contributed by atoms with E-state index in [-0.39, 0.29) is 11.8 Å². The third kappa shape index (κ3) is 4.63. The summed E-state index contributed by atoms with van der Waals surface area (Å²) in [7, 11) is 0. The number of urea groups is 1. The maximum absolute atomic E-state index is 13.5. The van der Waals surface area contributed by atoms with E-state index in [4.69, 9.17) is 0 Å². The molecule has 3 aromatic rings. The SMILES string of the molecule is O=C(NCCc1ccccc1F)NCc1ccc(-n2ccnc2)nc1. The van der Waals surface area contributed by atoms with Gasteiger partial charge in [0.1, 0.15) is 18.0 Å². The monoisotopic (exact) mass is 339 g/mol. The number of benzene rings is 1. The van der Waals surface area contributed by atoms with Gasteiger partial charge in [0.05, 0.1) is 0 Å². The van der Waals surface area contributed by atoms with Crippen LogP contribution in [0.1, 0.15) is 11.1 Å². The van der Waals surface area contributed by atoms with Crippen molar-refractivity contribution in [1.29, 1.82) is 0 Å². The maximum Gasteiger partial charge on any atom is 0.315 e. The highest BCUT2D eigenvalue weighted by Gasteiger charge is 2.04.